The van der Waals surface area contributed by atoms with Crippen molar-refractivity contribution in [1.29, 1.82) is 0 Å². The molecule has 2 atom stereocenters. The van der Waals surface area contributed by atoms with Crippen molar-refractivity contribution in [3.8, 4) is 0 Å². The number of ether oxygens (including phenoxy) is 2. The number of likely N-dealkylation sites (N-methyl/N-ethyl adjacent to an activating group) is 1. The lowest BCUT2D eigenvalue weighted by Gasteiger charge is -2.24. The second-order valence-electron chi connectivity index (χ2n) is 30.2. The molecule has 0 saturated heterocycles. The molecule has 0 aromatic rings. The van der Waals surface area contributed by atoms with E-state index in [1.807, 2.05) is 21.1 Å². The molecule has 0 fully saturated rings. The second-order valence-corrected chi connectivity index (χ2v) is 31.7. The number of nitrogens with zero attached hydrogens (tertiary/aromatic N) is 1. The molecule has 0 rings (SSSR count). The fraction of sp³-hybridized carbons (Fsp3) is 0.929. The van der Waals surface area contributed by atoms with Crippen LogP contribution in [-0.4, -0.2) is 74.9 Å². The molecule has 0 aromatic carbocycles. The van der Waals surface area contributed by atoms with Gasteiger partial charge in [0, 0.05) is 12.8 Å². The van der Waals surface area contributed by atoms with Crippen molar-refractivity contribution >= 4 is 19.8 Å². The van der Waals surface area contributed by atoms with Gasteiger partial charge in [0.1, 0.15) is 19.8 Å². The van der Waals surface area contributed by atoms with E-state index in [2.05, 4.69) is 38.2 Å². The van der Waals surface area contributed by atoms with Crippen molar-refractivity contribution in [2.45, 2.75) is 457 Å². The average molecular weight is 1350 g/mol. The number of hydrogen-bond acceptors (Lipinski definition) is 7. The fourth-order valence-electron chi connectivity index (χ4n) is 13.1. The SMILES string of the molecule is CCCCCCC/C=C\C/C=C\CCCCCCCCCCCCCCCCCCCC(=O)OC(COC(=O)CCCCCCCCCCCCCCCCCCCCCCCCCCCCCCCCCCCCCCCCCCC)COP(=O)(O)OCC[N+](C)(C)C. The number of phosphoric ester groups is 1. The third-order valence-electron chi connectivity index (χ3n) is 19.5. The summed E-state index contributed by atoms with van der Waals surface area (Å²) in [6.07, 6.45) is 97.9. The molecule has 0 aliphatic carbocycles. The Labute approximate surface area is 587 Å². The molecule has 0 aliphatic heterocycles. The average Bonchev–Trinajstić information content (AvgIpc) is 1.65. The van der Waals surface area contributed by atoms with Crippen LogP contribution in [0, 0.1) is 0 Å². The molecule has 0 saturated carbocycles. The van der Waals surface area contributed by atoms with E-state index in [1.165, 1.54) is 379 Å². The summed E-state index contributed by atoms with van der Waals surface area (Å²) in [4.78, 5) is 36.0. The van der Waals surface area contributed by atoms with E-state index in [4.69, 9.17) is 18.5 Å². The van der Waals surface area contributed by atoms with Crippen LogP contribution in [-0.2, 0) is 32.7 Å². The highest BCUT2D eigenvalue weighted by Gasteiger charge is 2.27. The number of carbonyl (C=O) groups excluding carboxylic acids is 2. The van der Waals surface area contributed by atoms with Crippen molar-refractivity contribution in [3.05, 3.63) is 24.3 Å². The summed E-state index contributed by atoms with van der Waals surface area (Å²) in [7, 11) is 1.50. The minimum absolute atomic E-state index is 0.0357. The zero-order valence-corrected chi connectivity index (χ0v) is 64.9. The molecule has 2 unspecified atom stereocenters. The quantitative estimate of drug-likeness (QED) is 0.0211. The van der Waals surface area contributed by atoms with E-state index in [9.17, 15) is 19.0 Å². The van der Waals surface area contributed by atoms with Crippen LogP contribution < -0.4 is 0 Å². The van der Waals surface area contributed by atoms with E-state index in [0.717, 1.165) is 38.5 Å². The second kappa shape index (κ2) is 75.7. The number of esters is 2. The lowest BCUT2D eigenvalue weighted by Crippen LogP contribution is -2.37. The molecule has 0 bridgehead atoms. The van der Waals surface area contributed by atoms with Gasteiger partial charge in [-0.2, -0.15) is 0 Å². The summed E-state index contributed by atoms with van der Waals surface area (Å²) in [5.74, 6) is -0.770. The highest BCUT2D eigenvalue weighted by atomic mass is 31.2. The number of hydrogen-bond donors (Lipinski definition) is 1. The first-order valence-corrected chi connectivity index (χ1v) is 43.6. The highest BCUT2D eigenvalue weighted by Crippen LogP contribution is 2.43. The predicted molar refractivity (Wildman–Crippen MR) is 409 cm³/mol. The summed E-state index contributed by atoms with van der Waals surface area (Å²) in [6, 6.07) is 0. The van der Waals surface area contributed by atoms with Gasteiger partial charge in [0.05, 0.1) is 27.7 Å². The summed E-state index contributed by atoms with van der Waals surface area (Å²) in [5.41, 5.74) is 0. The Morgan fingerprint density at radius 1 is 0.330 bits per heavy atom. The summed E-state index contributed by atoms with van der Waals surface area (Å²) in [5, 5.41) is 0. The number of phosphoric acid groups is 1. The van der Waals surface area contributed by atoms with Crippen molar-refractivity contribution < 1.29 is 42.1 Å². The van der Waals surface area contributed by atoms with Crippen molar-refractivity contribution in [1.82, 2.24) is 0 Å². The fourth-order valence-corrected chi connectivity index (χ4v) is 13.8. The molecule has 10 heteroatoms. The minimum atomic E-state index is -4.39. The van der Waals surface area contributed by atoms with E-state index < -0.39 is 26.5 Å². The largest absolute Gasteiger partial charge is 0.472 e. The van der Waals surface area contributed by atoms with Crippen LogP contribution in [0.2, 0.25) is 0 Å². The maximum atomic E-state index is 12.9. The summed E-state index contributed by atoms with van der Waals surface area (Å²) < 4.78 is 34.9. The van der Waals surface area contributed by atoms with Gasteiger partial charge in [-0.25, -0.2) is 4.57 Å². The topological polar surface area (TPSA) is 108 Å². The summed E-state index contributed by atoms with van der Waals surface area (Å²) >= 11 is 0. The van der Waals surface area contributed by atoms with Crippen LogP contribution in [0.25, 0.3) is 0 Å². The van der Waals surface area contributed by atoms with Gasteiger partial charge >= 0.3 is 19.8 Å². The van der Waals surface area contributed by atoms with Crippen LogP contribution in [0.4, 0.5) is 0 Å². The van der Waals surface area contributed by atoms with E-state index in [1.54, 1.807) is 0 Å². The Kier molecular flexibility index (Phi) is 74.5. The first-order valence-electron chi connectivity index (χ1n) is 42.1. The Balaban J connectivity index is 3.84. The molecule has 0 aliphatic rings. The lowest BCUT2D eigenvalue weighted by molar-refractivity contribution is -0.870. The van der Waals surface area contributed by atoms with Gasteiger partial charge < -0.3 is 18.9 Å². The molecular formula is C84H165NO8P+. The molecule has 9 nitrogen and oxygen atoms in total. The monoisotopic (exact) mass is 1350 g/mol. The molecule has 0 aromatic heterocycles. The van der Waals surface area contributed by atoms with Crippen molar-refractivity contribution in [2.24, 2.45) is 0 Å². The van der Waals surface area contributed by atoms with Gasteiger partial charge in [-0.3, -0.25) is 18.6 Å². The minimum Gasteiger partial charge on any atom is -0.462 e. The van der Waals surface area contributed by atoms with Gasteiger partial charge in [-0.15, -0.1) is 0 Å². The van der Waals surface area contributed by atoms with E-state index >= 15 is 0 Å². The predicted octanol–water partition coefficient (Wildman–Crippen LogP) is 28.0. The van der Waals surface area contributed by atoms with Gasteiger partial charge in [0.15, 0.2) is 6.10 Å². The summed E-state index contributed by atoms with van der Waals surface area (Å²) in [6.45, 7) is 4.52. The zero-order valence-electron chi connectivity index (χ0n) is 64.0. The molecule has 1 N–H and O–H groups in total. The Bertz CT molecular complexity index is 1630. The third kappa shape index (κ3) is 79.5. The first kappa shape index (κ1) is 92.5. The Hall–Kier alpha value is -1.51. The van der Waals surface area contributed by atoms with E-state index in [-0.39, 0.29) is 25.6 Å². The van der Waals surface area contributed by atoms with Gasteiger partial charge in [-0.1, -0.05) is 417 Å². The molecule has 0 heterocycles. The van der Waals surface area contributed by atoms with Crippen LogP contribution in [0.15, 0.2) is 24.3 Å². The lowest BCUT2D eigenvalue weighted by atomic mass is 10.0. The molecule has 0 amide bonds. The van der Waals surface area contributed by atoms with Crippen molar-refractivity contribution in [3.63, 3.8) is 0 Å². The Morgan fingerprint density at radius 2 is 0.574 bits per heavy atom. The standard InChI is InChI=1S/C84H164NO8P/c1-6-8-10-12-14-16-18-20-22-24-26-28-30-32-34-36-37-38-39-40-41-42-43-44-45-46-47-49-50-52-54-56-58-60-62-64-66-68-70-72-74-76-83(86)90-80-82(81-92-94(88,89)91-79-78-85(3,4)5)93-84(87)77-75-73-71-69-67-65-63-61-59-57-55-53-51-48-35-33-31-29-27-25-23-21-19-17-15-13-11-9-7-2/h19,21,25,27,82H,6-18,20,22-24,26,28-81H2,1-5H3/p+1/b21-19-,27-25-. The first-order chi connectivity index (χ1) is 46.0. The highest BCUT2D eigenvalue weighted by molar-refractivity contribution is 7.47. The molecule has 0 spiro atoms. The maximum Gasteiger partial charge on any atom is 0.472 e. The smallest absolute Gasteiger partial charge is 0.462 e. The number of rotatable bonds is 80. The van der Waals surface area contributed by atoms with Gasteiger partial charge in [-0.05, 0) is 44.9 Å². The number of carbonyl (C=O) groups is 2. The maximum absolute atomic E-state index is 12.9. The number of unbranched alkanes of at least 4 members (excludes halogenated alkanes) is 62. The normalized spacial score (nSPS) is 13.0. The van der Waals surface area contributed by atoms with Crippen LogP contribution >= 0.6 is 7.82 Å². The molecular weight excluding hydrogens is 1180 g/mol. The zero-order chi connectivity index (χ0) is 68.3. The third-order valence-corrected chi connectivity index (χ3v) is 20.5. The van der Waals surface area contributed by atoms with E-state index in [0.29, 0.717) is 23.9 Å². The Morgan fingerprint density at radius 3 is 0.840 bits per heavy atom. The van der Waals surface area contributed by atoms with Crippen molar-refractivity contribution in [2.75, 3.05) is 47.5 Å². The number of allylic oxidation sites excluding steroid dienone is 4. The number of quaternary nitrogens is 1. The van der Waals surface area contributed by atoms with Gasteiger partial charge in [0.2, 0.25) is 0 Å². The van der Waals surface area contributed by atoms with Crippen LogP contribution in [0.3, 0.4) is 0 Å². The molecule has 94 heavy (non-hydrogen) atoms. The van der Waals surface area contributed by atoms with Crippen LogP contribution in [0.1, 0.15) is 450 Å². The van der Waals surface area contributed by atoms with Crippen LogP contribution in [0.5, 0.6) is 0 Å². The van der Waals surface area contributed by atoms with Gasteiger partial charge in [0.25, 0.3) is 0 Å². The molecule has 0 radical (unpaired) electrons. The molecule has 558 valence electrons.